The summed E-state index contributed by atoms with van der Waals surface area (Å²) in [5, 5.41) is 0.460. The van der Waals surface area contributed by atoms with Crippen molar-refractivity contribution < 1.29 is 9.53 Å². The van der Waals surface area contributed by atoms with Crippen LogP contribution in [0.1, 0.15) is 28.8 Å². The molecule has 102 valence electrons. The van der Waals surface area contributed by atoms with Crippen LogP contribution in [-0.2, 0) is 0 Å². The molecule has 2 N–H and O–H groups in total. The van der Waals surface area contributed by atoms with Crippen LogP contribution in [0.5, 0.6) is 5.75 Å². The Bertz CT molecular complexity index is 628. The van der Waals surface area contributed by atoms with Crippen LogP contribution in [0.2, 0.25) is 5.02 Å². The van der Waals surface area contributed by atoms with E-state index in [-0.39, 0.29) is 5.78 Å². The van der Waals surface area contributed by atoms with E-state index in [0.717, 1.165) is 18.6 Å². The summed E-state index contributed by atoms with van der Waals surface area (Å²) >= 11 is 5.92. The maximum absolute atomic E-state index is 12.3. The van der Waals surface area contributed by atoms with Crippen molar-refractivity contribution >= 4 is 23.1 Å². The van der Waals surface area contributed by atoms with Gasteiger partial charge < -0.3 is 10.5 Å². The van der Waals surface area contributed by atoms with Gasteiger partial charge in [-0.05, 0) is 55.3 Å². The molecule has 2 aromatic carbocycles. The van der Waals surface area contributed by atoms with Gasteiger partial charge in [0.25, 0.3) is 0 Å². The van der Waals surface area contributed by atoms with Gasteiger partial charge >= 0.3 is 0 Å². The van der Waals surface area contributed by atoms with Crippen molar-refractivity contribution in [2.75, 3.05) is 5.73 Å². The summed E-state index contributed by atoms with van der Waals surface area (Å²) in [5.41, 5.74) is 7.27. The third-order valence-electron chi connectivity index (χ3n) is 3.13. The number of hydrogen-bond donors (Lipinski definition) is 1. The molecule has 0 unspecified atom stereocenters. The number of ether oxygens (including phenoxy) is 1. The number of hydrogen-bond acceptors (Lipinski definition) is 3. The molecule has 3 rings (SSSR count). The summed E-state index contributed by atoms with van der Waals surface area (Å²) in [5.74, 6) is 0.701. The van der Waals surface area contributed by atoms with Gasteiger partial charge in [-0.15, -0.1) is 0 Å². The fourth-order valence-electron chi connectivity index (χ4n) is 1.97. The lowest BCUT2D eigenvalue weighted by atomic mass is 10.0. The van der Waals surface area contributed by atoms with E-state index in [1.165, 1.54) is 0 Å². The number of carbonyl (C=O) groups excluding carboxylic acids is 1. The molecule has 0 bridgehead atoms. The topological polar surface area (TPSA) is 52.3 Å². The van der Waals surface area contributed by atoms with Gasteiger partial charge in [0.15, 0.2) is 5.78 Å². The molecule has 20 heavy (non-hydrogen) atoms. The zero-order valence-electron chi connectivity index (χ0n) is 10.8. The minimum Gasteiger partial charge on any atom is -0.490 e. The van der Waals surface area contributed by atoms with Gasteiger partial charge in [0.1, 0.15) is 5.75 Å². The van der Waals surface area contributed by atoms with Crippen molar-refractivity contribution in [3.8, 4) is 5.75 Å². The first-order chi connectivity index (χ1) is 9.61. The standard InChI is InChI=1S/C16H14ClNO2/c17-12-7-11(8-13(18)9-12)16(19)10-1-3-14(4-2-10)20-15-5-6-15/h1-4,7-9,15H,5-6,18H2. The molecule has 3 nitrogen and oxygen atoms in total. The Morgan fingerprint density at radius 1 is 1.10 bits per heavy atom. The average molecular weight is 288 g/mol. The Balaban J connectivity index is 1.81. The maximum Gasteiger partial charge on any atom is 0.193 e. The first-order valence-corrected chi connectivity index (χ1v) is 6.87. The number of nitrogens with two attached hydrogens (primary N) is 1. The molecule has 2 aromatic rings. The molecular formula is C16H14ClNO2. The van der Waals surface area contributed by atoms with E-state index in [0.29, 0.717) is 27.9 Å². The average Bonchev–Trinajstić information content (AvgIpc) is 3.22. The summed E-state index contributed by atoms with van der Waals surface area (Å²) < 4.78 is 5.65. The SMILES string of the molecule is Nc1cc(Cl)cc(C(=O)c2ccc(OC3CC3)cc2)c1. The molecule has 0 saturated heterocycles. The van der Waals surface area contributed by atoms with Crippen LogP contribution in [0.3, 0.4) is 0 Å². The highest BCUT2D eigenvalue weighted by atomic mass is 35.5. The summed E-state index contributed by atoms with van der Waals surface area (Å²) in [6.45, 7) is 0. The largest absolute Gasteiger partial charge is 0.490 e. The van der Waals surface area contributed by atoms with E-state index < -0.39 is 0 Å². The van der Waals surface area contributed by atoms with Crippen molar-refractivity contribution in [2.45, 2.75) is 18.9 Å². The zero-order chi connectivity index (χ0) is 14.1. The van der Waals surface area contributed by atoms with E-state index >= 15 is 0 Å². The minimum absolute atomic E-state index is 0.0998. The van der Waals surface area contributed by atoms with E-state index in [4.69, 9.17) is 22.1 Å². The molecule has 0 amide bonds. The van der Waals surface area contributed by atoms with Gasteiger partial charge in [-0.1, -0.05) is 11.6 Å². The van der Waals surface area contributed by atoms with Crippen molar-refractivity contribution in [1.29, 1.82) is 0 Å². The molecule has 0 heterocycles. The molecular weight excluding hydrogens is 274 g/mol. The van der Waals surface area contributed by atoms with Gasteiger partial charge in [-0.3, -0.25) is 4.79 Å². The Labute approximate surface area is 122 Å². The van der Waals surface area contributed by atoms with Crippen LogP contribution in [0.4, 0.5) is 5.69 Å². The lowest BCUT2D eigenvalue weighted by Crippen LogP contribution is -2.03. The number of anilines is 1. The smallest absolute Gasteiger partial charge is 0.193 e. The van der Waals surface area contributed by atoms with Gasteiger partial charge in [0.05, 0.1) is 6.10 Å². The Morgan fingerprint density at radius 2 is 1.80 bits per heavy atom. The predicted octanol–water partition coefficient (Wildman–Crippen LogP) is 3.69. The maximum atomic E-state index is 12.3. The van der Waals surface area contributed by atoms with Gasteiger partial charge in [-0.25, -0.2) is 0 Å². The number of nitrogen functional groups attached to an aromatic ring is 1. The highest BCUT2D eigenvalue weighted by molar-refractivity contribution is 6.31. The second kappa shape index (κ2) is 5.17. The van der Waals surface area contributed by atoms with Crippen LogP contribution in [0.15, 0.2) is 42.5 Å². The van der Waals surface area contributed by atoms with Crippen molar-refractivity contribution in [2.24, 2.45) is 0 Å². The minimum atomic E-state index is -0.0998. The molecule has 1 aliphatic rings. The van der Waals surface area contributed by atoms with Crippen LogP contribution >= 0.6 is 11.6 Å². The number of carbonyl (C=O) groups is 1. The lowest BCUT2D eigenvalue weighted by molar-refractivity contribution is 0.103. The highest BCUT2D eigenvalue weighted by Gasteiger charge is 2.23. The first kappa shape index (κ1) is 13.0. The fourth-order valence-corrected chi connectivity index (χ4v) is 2.22. The van der Waals surface area contributed by atoms with Gasteiger partial charge in [0.2, 0.25) is 0 Å². The lowest BCUT2D eigenvalue weighted by Gasteiger charge is -2.06. The predicted molar refractivity (Wildman–Crippen MR) is 79.4 cm³/mol. The Kier molecular flexibility index (Phi) is 3.36. The molecule has 1 fully saturated rings. The normalized spacial score (nSPS) is 14.1. The van der Waals surface area contributed by atoms with Gasteiger partial charge in [0, 0.05) is 21.8 Å². The highest BCUT2D eigenvalue weighted by Crippen LogP contribution is 2.27. The van der Waals surface area contributed by atoms with Crippen LogP contribution in [-0.4, -0.2) is 11.9 Å². The number of ketones is 1. The summed E-state index contributed by atoms with van der Waals surface area (Å²) in [7, 11) is 0. The van der Waals surface area contributed by atoms with Gasteiger partial charge in [-0.2, -0.15) is 0 Å². The molecule has 0 atom stereocenters. The van der Waals surface area contributed by atoms with E-state index in [1.807, 2.05) is 12.1 Å². The number of rotatable bonds is 4. The Morgan fingerprint density at radius 3 is 2.40 bits per heavy atom. The Hall–Kier alpha value is -2.00. The second-order valence-corrected chi connectivity index (χ2v) is 5.38. The summed E-state index contributed by atoms with van der Waals surface area (Å²) in [4.78, 5) is 12.3. The van der Waals surface area contributed by atoms with Crippen LogP contribution in [0.25, 0.3) is 0 Å². The molecule has 1 aliphatic carbocycles. The third-order valence-corrected chi connectivity index (χ3v) is 3.34. The molecule has 1 saturated carbocycles. The van der Waals surface area contributed by atoms with E-state index in [9.17, 15) is 4.79 Å². The quantitative estimate of drug-likeness (QED) is 0.689. The third kappa shape index (κ3) is 2.94. The fraction of sp³-hybridized carbons (Fsp3) is 0.188. The van der Waals surface area contributed by atoms with Crippen molar-refractivity contribution in [3.63, 3.8) is 0 Å². The number of benzene rings is 2. The second-order valence-electron chi connectivity index (χ2n) is 4.94. The molecule has 0 aromatic heterocycles. The first-order valence-electron chi connectivity index (χ1n) is 6.49. The molecule has 0 spiro atoms. The summed E-state index contributed by atoms with van der Waals surface area (Å²) in [6.07, 6.45) is 2.58. The zero-order valence-corrected chi connectivity index (χ0v) is 11.6. The number of halogens is 1. The molecule has 0 radical (unpaired) electrons. The molecule has 0 aliphatic heterocycles. The monoisotopic (exact) mass is 287 g/mol. The summed E-state index contributed by atoms with van der Waals surface area (Å²) in [6, 6.07) is 12.0. The van der Waals surface area contributed by atoms with E-state index in [2.05, 4.69) is 0 Å². The van der Waals surface area contributed by atoms with E-state index in [1.54, 1.807) is 30.3 Å². The van der Waals surface area contributed by atoms with Crippen molar-refractivity contribution in [1.82, 2.24) is 0 Å². The van der Waals surface area contributed by atoms with Crippen LogP contribution in [0, 0.1) is 0 Å². The van der Waals surface area contributed by atoms with Crippen molar-refractivity contribution in [3.05, 3.63) is 58.6 Å². The van der Waals surface area contributed by atoms with Crippen LogP contribution < -0.4 is 10.5 Å². The molecule has 4 heteroatoms.